The first-order valence-electron chi connectivity index (χ1n) is 9.35. The Kier molecular flexibility index (Phi) is 6.25. The predicted octanol–water partition coefficient (Wildman–Crippen LogP) is 1.56. The maximum Gasteiger partial charge on any atom is 0.335 e. The number of rotatable bonds is 6. The Morgan fingerprint density at radius 3 is 2.89 bits per heavy atom. The van der Waals surface area contributed by atoms with Crippen LogP contribution in [0.15, 0.2) is 12.1 Å². The number of carbonyl (C=O) groups excluding carboxylic acids is 1. The van der Waals surface area contributed by atoms with Crippen LogP contribution in [0, 0.1) is 6.92 Å². The number of esters is 1. The molecule has 2 aromatic heterocycles. The monoisotopic (exact) mass is 390 g/mol. The van der Waals surface area contributed by atoms with Crippen LogP contribution in [0.25, 0.3) is 11.4 Å². The minimum Gasteiger partial charge on any atom is -0.488 e. The number of pyridine rings is 1. The second kappa shape index (κ2) is 8.66. The van der Waals surface area contributed by atoms with E-state index in [-0.39, 0.29) is 24.8 Å². The number of aromatic nitrogens is 4. The van der Waals surface area contributed by atoms with Gasteiger partial charge >= 0.3 is 5.97 Å². The Morgan fingerprint density at radius 1 is 1.43 bits per heavy atom. The summed E-state index contributed by atoms with van der Waals surface area (Å²) in [5, 5.41) is 17.5. The highest BCUT2D eigenvalue weighted by atomic mass is 16.6. The molecule has 1 N–H and O–H groups in total. The first-order chi connectivity index (χ1) is 13.4. The number of hydrogen-bond acceptors (Lipinski definition) is 8. The minimum absolute atomic E-state index is 0.158. The molecule has 2 aromatic rings. The Labute approximate surface area is 163 Å². The lowest BCUT2D eigenvalue weighted by Gasteiger charge is -2.29. The van der Waals surface area contributed by atoms with Crippen molar-refractivity contribution < 1.29 is 24.1 Å². The fraction of sp³-hybridized carbons (Fsp3) is 0.579. The van der Waals surface area contributed by atoms with Crippen LogP contribution < -0.4 is 4.74 Å². The quantitative estimate of drug-likeness (QED) is 0.740. The highest BCUT2D eigenvalue weighted by Gasteiger charge is 2.31. The van der Waals surface area contributed by atoms with E-state index >= 15 is 0 Å². The third-order valence-electron chi connectivity index (χ3n) is 4.52. The molecule has 3 rings (SSSR count). The number of nitrogens with zero attached hydrogens (tertiary/aromatic N) is 4. The van der Waals surface area contributed by atoms with Crippen LogP contribution in [0.5, 0.6) is 5.75 Å². The first-order valence-corrected chi connectivity index (χ1v) is 9.35. The van der Waals surface area contributed by atoms with Crippen LogP contribution in [-0.2, 0) is 27.9 Å². The zero-order chi connectivity index (χ0) is 20.3. The van der Waals surface area contributed by atoms with Gasteiger partial charge in [0.2, 0.25) is 0 Å². The first kappa shape index (κ1) is 20.2. The summed E-state index contributed by atoms with van der Waals surface area (Å²) in [6, 6.07) is 3.61. The molecule has 9 heteroatoms. The van der Waals surface area contributed by atoms with Gasteiger partial charge in [-0.2, -0.15) is 0 Å². The van der Waals surface area contributed by atoms with Crippen LogP contribution in [0.4, 0.5) is 0 Å². The van der Waals surface area contributed by atoms with E-state index in [2.05, 4.69) is 15.3 Å². The fourth-order valence-corrected chi connectivity index (χ4v) is 3.08. The summed E-state index contributed by atoms with van der Waals surface area (Å²) in [6.45, 7) is 5.73. The Bertz CT molecular complexity index is 836. The largest absolute Gasteiger partial charge is 0.488 e. The van der Waals surface area contributed by atoms with Gasteiger partial charge in [-0.1, -0.05) is 5.21 Å². The van der Waals surface area contributed by atoms with Crippen molar-refractivity contribution >= 4 is 5.97 Å². The van der Waals surface area contributed by atoms with Gasteiger partial charge in [0.15, 0.2) is 6.10 Å². The molecule has 1 saturated heterocycles. The maximum atomic E-state index is 12.1. The molecule has 0 aliphatic carbocycles. The SMILES string of the molecule is Cc1nc(-c2nnn(C)c2CO)ccc1OC1CCOC(C(=O)OC(C)C)C1. The maximum absolute atomic E-state index is 12.1. The van der Waals surface area contributed by atoms with Crippen molar-refractivity contribution in [3.63, 3.8) is 0 Å². The summed E-state index contributed by atoms with van der Waals surface area (Å²) in [5.74, 6) is 0.286. The molecule has 9 nitrogen and oxygen atoms in total. The minimum atomic E-state index is -0.611. The van der Waals surface area contributed by atoms with E-state index in [1.54, 1.807) is 13.1 Å². The van der Waals surface area contributed by atoms with Crippen molar-refractivity contribution in [2.45, 2.75) is 58.5 Å². The van der Waals surface area contributed by atoms with Crippen molar-refractivity contribution in [1.29, 1.82) is 0 Å². The average molecular weight is 390 g/mol. The molecule has 0 bridgehead atoms. The lowest BCUT2D eigenvalue weighted by atomic mass is 10.1. The van der Waals surface area contributed by atoms with Gasteiger partial charge < -0.3 is 19.3 Å². The van der Waals surface area contributed by atoms with Crippen molar-refractivity contribution in [2.75, 3.05) is 6.61 Å². The molecule has 1 fully saturated rings. The molecule has 1 aliphatic rings. The van der Waals surface area contributed by atoms with Gasteiger partial charge in [-0.15, -0.1) is 5.10 Å². The van der Waals surface area contributed by atoms with Crippen molar-refractivity contribution in [1.82, 2.24) is 20.0 Å². The van der Waals surface area contributed by atoms with E-state index in [1.165, 1.54) is 4.68 Å². The van der Waals surface area contributed by atoms with Crippen molar-refractivity contribution in [2.24, 2.45) is 7.05 Å². The van der Waals surface area contributed by atoms with Gasteiger partial charge in [0.05, 0.1) is 36.4 Å². The molecule has 152 valence electrons. The van der Waals surface area contributed by atoms with Gasteiger partial charge in [0, 0.05) is 19.9 Å². The fourth-order valence-electron chi connectivity index (χ4n) is 3.08. The van der Waals surface area contributed by atoms with E-state index in [0.717, 1.165) is 0 Å². The molecule has 0 radical (unpaired) electrons. The second-order valence-electron chi connectivity index (χ2n) is 7.06. The Morgan fingerprint density at radius 2 is 2.21 bits per heavy atom. The zero-order valence-electron chi connectivity index (χ0n) is 16.6. The van der Waals surface area contributed by atoms with Crippen LogP contribution in [0.2, 0.25) is 0 Å². The smallest absolute Gasteiger partial charge is 0.335 e. The van der Waals surface area contributed by atoms with Crippen molar-refractivity contribution in [3.8, 4) is 17.1 Å². The van der Waals surface area contributed by atoms with Crippen LogP contribution in [-0.4, -0.2) is 56.0 Å². The average Bonchev–Trinajstić information content (AvgIpc) is 3.03. The standard InChI is InChI=1S/C19H26N4O5/c1-11(2)27-19(25)17-9-13(7-8-26-17)28-16-6-5-14(20-12(16)3)18-15(10-24)23(4)22-21-18/h5-6,11,13,17,24H,7-10H2,1-4H3. The van der Waals surface area contributed by atoms with E-state index in [9.17, 15) is 9.90 Å². The normalized spacial score (nSPS) is 19.6. The third kappa shape index (κ3) is 4.48. The van der Waals surface area contributed by atoms with Crippen molar-refractivity contribution in [3.05, 3.63) is 23.5 Å². The number of hydrogen-bond donors (Lipinski definition) is 1. The topological polar surface area (TPSA) is 109 Å². The number of aliphatic hydroxyl groups is 1. The van der Waals surface area contributed by atoms with Crippen LogP contribution in [0.1, 0.15) is 38.1 Å². The zero-order valence-corrected chi connectivity index (χ0v) is 16.6. The highest BCUT2D eigenvalue weighted by Crippen LogP contribution is 2.27. The molecule has 0 spiro atoms. The molecule has 2 unspecified atom stereocenters. The summed E-state index contributed by atoms with van der Waals surface area (Å²) in [6.07, 6.45) is 0.174. The summed E-state index contributed by atoms with van der Waals surface area (Å²) in [5.41, 5.74) is 2.45. The number of aliphatic hydroxyl groups excluding tert-OH is 1. The summed E-state index contributed by atoms with van der Waals surface area (Å²) in [7, 11) is 1.72. The number of aryl methyl sites for hydroxylation is 2. The van der Waals surface area contributed by atoms with E-state index in [4.69, 9.17) is 14.2 Å². The van der Waals surface area contributed by atoms with Gasteiger partial charge in [0.1, 0.15) is 17.5 Å². The van der Waals surface area contributed by atoms with E-state index in [1.807, 2.05) is 26.8 Å². The molecule has 0 aromatic carbocycles. The van der Waals surface area contributed by atoms with Crippen LogP contribution >= 0.6 is 0 Å². The lowest BCUT2D eigenvalue weighted by molar-refractivity contribution is -0.167. The predicted molar refractivity (Wildman–Crippen MR) is 99.5 cm³/mol. The summed E-state index contributed by atoms with van der Waals surface area (Å²) in [4.78, 5) is 16.6. The van der Waals surface area contributed by atoms with Gasteiger partial charge in [-0.05, 0) is 32.9 Å². The molecule has 2 atom stereocenters. The Balaban J connectivity index is 1.70. The molecule has 0 amide bonds. The number of carbonyl (C=O) groups is 1. The van der Waals surface area contributed by atoms with Gasteiger partial charge in [-0.25, -0.2) is 14.5 Å². The molecular weight excluding hydrogens is 364 g/mol. The van der Waals surface area contributed by atoms with Crippen LogP contribution in [0.3, 0.4) is 0 Å². The summed E-state index contributed by atoms with van der Waals surface area (Å²) >= 11 is 0. The lowest BCUT2D eigenvalue weighted by Crippen LogP contribution is -2.39. The molecule has 1 aliphatic heterocycles. The third-order valence-corrected chi connectivity index (χ3v) is 4.52. The molecular formula is C19H26N4O5. The Hall–Kier alpha value is -2.52. The summed E-state index contributed by atoms with van der Waals surface area (Å²) < 4.78 is 18.4. The molecule has 28 heavy (non-hydrogen) atoms. The molecule has 0 saturated carbocycles. The van der Waals surface area contributed by atoms with Gasteiger partial charge in [-0.3, -0.25) is 0 Å². The molecule has 3 heterocycles. The van der Waals surface area contributed by atoms with E-state index in [0.29, 0.717) is 48.0 Å². The highest BCUT2D eigenvalue weighted by molar-refractivity contribution is 5.75. The number of ether oxygens (including phenoxy) is 3. The van der Waals surface area contributed by atoms with Gasteiger partial charge in [0.25, 0.3) is 0 Å². The van der Waals surface area contributed by atoms with E-state index < -0.39 is 6.10 Å². The second-order valence-corrected chi connectivity index (χ2v) is 7.06.